The van der Waals surface area contributed by atoms with Gasteiger partial charge in [-0.2, -0.15) is 4.90 Å². The number of aryl methyl sites for hydroxylation is 1. The van der Waals surface area contributed by atoms with E-state index in [0.717, 1.165) is 10.5 Å². The summed E-state index contributed by atoms with van der Waals surface area (Å²) in [4.78, 5) is 43.3. The van der Waals surface area contributed by atoms with Crippen molar-refractivity contribution in [3.63, 3.8) is 0 Å². The fourth-order valence-corrected chi connectivity index (χ4v) is 3.77. The van der Waals surface area contributed by atoms with Crippen molar-refractivity contribution in [1.29, 1.82) is 0 Å². The van der Waals surface area contributed by atoms with Gasteiger partial charge in [0.2, 0.25) is 0 Å². The van der Waals surface area contributed by atoms with E-state index >= 15 is 0 Å². The number of nitrogens with one attached hydrogen (secondary N) is 1. The normalized spacial score (nSPS) is 12.5. The first-order valence-corrected chi connectivity index (χ1v) is 12.5. The molecule has 0 saturated heterocycles. The highest BCUT2D eigenvalue weighted by molar-refractivity contribution is 6.14. The van der Waals surface area contributed by atoms with Crippen molar-refractivity contribution in [3.8, 4) is 0 Å². The Morgan fingerprint density at radius 2 is 1.59 bits per heavy atom. The molecule has 1 aromatic heterocycles. The summed E-state index contributed by atoms with van der Waals surface area (Å²) in [7, 11) is 0. The third-order valence-corrected chi connectivity index (χ3v) is 5.44. The highest BCUT2D eigenvalue weighted by atomic mass is 19.1. The van der Waals surface area contributed by atoms with Crippen LogP contribution in [0.1, 0.15) is 65.6 Å². The van der Waals surface area contributed by atoms with Crippen LogP contribution in [0.25, 0.3) is 10.8 Å². The molecule has 2 amide bonds. The highest BCUT2D eigenvalue weighted by Gasteiger charge is 2.34. The van der Waals surface area contributed by atoms with E-state index < -0.39 is 41.2 Å². The zero-order valence-electron chi connectivity index (χ0n) is 23.2. The number of carbonyl (C=O) groups is 3. The number of anilines is 2. The Morgan fingerprint density at radius 1 is 0.974 bits per heavy atom. The summed E-state index contributed by atoms with van der Waals surface area (Å²) in [6.45, 7) is 11.9. The molecule has 208 valence electrons. The second kappa shape index (κ2) is 11.3. The number of rotatable bonds is 6. The molecular weight excluding hydrogens is 505 g/mol. The average Bonchev–Trinajstić information content (AvgIpc) is 2.80. The molecule has 9 nitrogen and oxygen atoms in total. The van der Waals surface area contributed by atoms with Crippen LogP contribution in [0.5, 0.6) is 0 Å². The van der Waals surface area contributed by atoms with E-state index in [9.17, 15) is 23.9 Å². The van der Waals surface area contributed by atoms with Gasteiger partial charge in [-0.3, -0.25) is 0 Å². The number of carboxylic acid groups (broad SMARTS) is 1. The van der Waals surface area contributed by atoms with Gasteiger partial charge in [0, 0.05) is 22.8 Å². The number of nitrogens with zero attached hydrogens (tertiary/aromatic N) is 2. The van der Waals surface area contributed by atoms with Gasteiger partial charge in [-0.05, 0) is 89.2 Å². The predicted octanol–water partition coefficient (Wildman–Crippen LogP) is 6.85. The van der Waals surface area contributed by atoms with Crippen LogP contribution in [0, 0.1) is 5.82 Å². The zero-order chi connectivity index (χ0) is 29.1. The molecule has 39 heavy (non-hydrogen) atoms. The third kappa shape index (κ3) is 7.43. The van der Waals surface area contributed by atoms with Gasteiger partial charge in [0.25, 0.3) is 0 Å². The van der Waals surface area contributed by atoms with Crippen LogP contribution in [0.15, 0.2) is 48.7 Å². The largest absolute Gasteiger partial charge is 0.479 e. The van der Waals surface area contributed by atoms with Crippen molar-refractivity contribution in [2.45, 2.75) is 72.1 Å². The second-order valence-electron chi connectivity index (χ2n) is 11.0. The monoisotopic (exact) mass is 539 g/mol. The summed E-state index contributed by atoms with van der Waals surface area (Å²) >= 11 is 0. The van der Waals surface area contributed by atoms with Crippen LogP contribution in [0.4, 0.5) is 25.5 Å². The lowest BCUT2D eigenvalue weighted by Gasteiger charge is -2.28. The lowest BCUT2D eigenvalue weighted by Crippen LogP contribution is -2.44. The minimum atomic E-state index is -1.35. The molecule has 0 saturated carbocycles. The van der Waals surface area contributed by atoms with Crippen LogP contribution < -0.4 is 10.2 Å². The number of carbonyl (C=O) groups excluding carboxylic acids is 2. The number of benzene rings is 2. The van der Waals surface area contributed by atoms with Gasteiger partial charge in [-0.15, -0.1) is 0 Å². The van der Waals surface area contributed by atoms with E-state index in [4.69, 9.17) is 9.47 Å². The summed E-state index contributed by atoms with van der Waals surface area (Å²) in [6.07, 6.45) is 0.103. The molecule has 0 radical (unpaired) electrons. The maximum atomic E-state index is 14.6. The number of fused-ring (bicyclic) bond motifs is 1. The van der Waals surface area contributed by atoms with Gasteiger partial charge in [-0.1, -0.05) is 19.1 Å². The molecule has 3 rings (SSSR count). The number of aliphatic carboxylic acids is 1. The minimum Gasteiger partial charge on any atom is -0.479 e. The van der Waals surface area contributed by atoms with Gasteiger partial charge in [0.15, 0.2) is 11.9 Å². The van der Waals surface area contributed by atoms with Crippen molar-refractivity contribution >= 4 is 40.4 Å². The Hall–Kier alpha value is -4.21. The van der Waals surface area contributed by atoms with Crippen LogP contribution in [0.3, 0.4) is 0 Å². The van der Waals surface area contributed by atoms with Gasteiger partial charge in [0.05, 0.1) is 0 Å². The fourth-order valence-electron chi connectivity index (χ4n) is 3.77. The van der Waals surface area contributed by atoms with Gasteiger partial charge < -0.3 is 19.9 Å². The Kier molecular flexibility index (Phi) is 8.48. The van der Waals surface area contributed by atoms with E-state index in [2.05, 4.69) is 10.3 Å². The van der Waals surface area contributed by atoms with E-state index in [0.29, 0.717) is 22.9 Å². The number of aromatic nitrogens is 1. The number of amides is 2. The quantitative estimate of drug-likeness (QED) is 0.349. The summed E-state index contributed by atoms with van der Waals surface area (Å²) in [5.74, 6) is -1.90. The average molecular weight is 540 g/mol. The van der Waals surface area contributed by atoms with Crippen molar-refractivity contribution in [3.05, 3.63) is 65.6 Å². The van der Waals surface area contributed by atoms with E-state index in [-0.39, 0.29) is 11.4 Å². The summed E-state index contributed by atoms with van der Waals surface area (Å²) in [5.41, 5.74) is -0.587. The SMILES string of the molecule is CCc1ccc(F)c(C(Nc2ccc3c(N(C(=O)OC(C)(C)C)C(=O)OC(C)(C)C)nccc3c2)C(=O)O)c1. The lowest BCUT2D eigenvalue weighted by molar-refractivity contribution is -0.138. The maximum Gasteiger partial charge on any atom is 0.425 e. The molecule has 3 aromatic rings. The number of carboxylic acids is 1. The Morgan fingerprint density at radius 3 is 2.13 bits per heavy atom. The van der Waals surface area contributed by atoms with E-state index in [1.165, 1.54) is 18.3 Å². The summed E-state index contributed by atoms with van der Waals surface area (Å²) in [6, 6.07) is 9.46. The first-order valence-electron chi connectivity index (χ1n) is 12.5. The van der Waals surface area contributed by atoms with Crippen LogP contribution in [-0.2, 0) is 20.7 Å². The van der Waals surface area contributed by atoms with Crippen molar-refractivity contribution in [1.82, 2.24) is 4.98 Å². The second-order valence-corrected chi connectivity index (χ2v) is 11.0. The molecule has 0 bridgehead atoms. The standard InChI is InChI=1S/C29H34FN3O6/c1-8-17-9-12-22(30)21(15-17)23(25(34)35)32-19-10-11-20-18(16-19)13-14-31-24(20)33(26(36)38-28(2,3)4)27(37)39-29(5,6)7/h9-16,23,32H,8H2,1-7H3,(H,34,35). The first-order chi connectivity index (χ1) is 18.1. The molecule has 0 spiro atoms. The maximum absolute atomic E-state index is 14.6. The Labute approximate surface area is 226 Å². The highest BCUT2D eigenvalue weighted by Crippen LogP contribution is 2.31. The lowest BCUT2D eigenvalue weighted by atomic mass is 10.0. The van der Waals surface area contributed by atoms with Gasteiger partial charge in [0.1, 0.15) is 17.0 Å². The van der Waals surface area contributed by atoms with E-state index in [1.54, 1.807) is 71.9 Å². The molecule has 0 aliphatic heterocycles. The number of ether oxygens (including phenoxy) is 2. The third-order valence-electron chi connectivity index (χ3n) is 5.44. The number of imide groups is 1. The molecule has 1 atom stereocenters. The summed E-state index contributed by atoms with van der Waals surface area (Å²) in [5, 5.41) is 13.7. The summed E-state index contributed by atoms with van der Waals surface area (Å²) < 4.78 is 25.5. The molecule has 0 aliphatic rings. The van der Waals surface area contributed by atoms with Gasteiger partial charge >= 0.3 is 18.2 Å². The molecular formula is C29H34FN3O6. The number of pyridine rings is 1. The van der Waals surface area contributed by atoms with E-state index in [1.807, 2.05) is 6.92 Å². The molecule has 1 heterocycles. The number of halogens is 1. The Balaban J connectivity index is 2.05. The van der Waals surface area contributed by atoms with Crippen LogP contribution in [0.2, 0.25) is 0 Å². The first kappa shape index (κ1) is 29.3. The fraction of sp³-hybridized carbons (Fsp3) is 0.379. The van der Waals surface area contributed by atoms with Crippen molar-refractivity contribution in [2.75, 3.05) is 10.2 Å². The molecule has 0 aliphatic carbocycles. The zero-order valence-corrected chi connectivity index (χ0v) is 23.2. The predicted molar refractivity (Wildman–Crippen MR) is 146 cm³/mol. The van der Waals surface area contributed by atoms with Gasteiger partial charge in [-0.25, -0.2) is 23.8 Å². The van der Waals surface area contributed by atoms with Crippen molar-refractivity contribution in [2.24, 2.45) is 0 Å². The van der Waals surface area contributed by atoms with Crippen LogP contribution >= 0.6 is 0 Å². The molecule has 2 N–H and O–H groups in total. The Bertz CT molecular complexity index is 1370. The molecule has 2 aromatic carbocycles. The molecule has 0 fully saturated rings. The smallest absolute Gasteiger partial charge is 0.425 e. The number of hydrogen-bond donors (Lipinski definition) is 2. The van der Waals surface area contributed by atoms with Crippen molar-refractivity contribution < 1.29 is 33.4 Å². The minimum absolute atomic E-state index is 0.0124. The molecule has 1 unspecified atom stereocenters. The number of hydrogen-bond acceptors (Lipinski definition) is 7. The molecule has 10 heteroatoms. The van der Waals surface area contributed by atoms with Crippen LogP contribution in [-0.4, -0.2) is 39.4 Å². The topological polar surface area (TPSA) is 118 Å².